The van der Waals surface area contributed by atoms with Crippen molar-refractivity contribution in [2.24, 2.45) is 5.92 Å². The molecule has 2 heterocycles. The predicted molar refractivity (Wildman–Crippen MR) is 122 cm³/mol. The number of ether oxygens (including phenoxy) is 4. The van der Waals surface area contributed by atoms with Crippen molar-refractivity contribution >= 4 is 0 Å². The minimum atomic E-state index is -1.69. The number of hydrogen-bond acceptors (Lipinski definition) is 11. The fourth-order valence-electron chi connectivity index (χ4n) is 5.26. The fraction of sp³-hybridized carbons (Fsp3) is 1.00. The zero-order valence-electron chi connectivity index (χ0n) is 20.3. The van der Waals surface area contributed by atoms with E-state index in [9.17, 15) is 35.7 Å². The van der Waals surface area contributed by atoms with Gasteiger partial charge in [0.15, 0.2) is 12.6 Å². The molecule has 0 spiro atoms. The van der Waals surface area contributed by atoms with Crippen molar-refractivity contribution in [1.82, 2.24) is 0 Å². The fourth-order valence-corrected chi connectivity index (χ4v) is 5.26. The minimum absolute atomic E-state index is 0.328. The van der Waals surface area contributed by atoms with Crippen molar-refractivity contribution in [3.05, 3.63) is 0 Å². The van der Waals surface area contributed by atoms with Crippen molar-refractivity contribution in [2.45, 2.75) is 126 Å². The lowest BCUT2D eigenvalue weighted by molar-refractivity contribution is -0.359. The van der Waals surface area contributed by atoms with Crippen molar-refractivity contribution in [3.63, 3.8) is 0 Å². The van der Waals surface area contributed by atoms with Crippen molar-refractivity contribution in [2.75, 3.05) is 19.8 Å². The Hall–Kier alpha value is -0.440. The molecule has 3 fully saturated rings. The molecule has 3 rings (SSSR count). The summed E-state index contributed by atoms with van der Waals surface area (Å²) in [4.78, 5) is 0. The first-order valence-corrected chi connectivity index (χ1v) is 13.1. The molecule has 1 saturated carbocycles. The van der Waals surface area contributed by atoms with E-state index in [1.54, 1.807) is 0 Å². The lowest BCUT2D eigenvalue weighted by Crippen LogP contribution is -2.64. The molecule has 7 N–H and O–H groups in total. The van der Waals surface area contributed by atoms with Gasteiger partial charge in [0.2, 0.25) is 0 Å². The van der Waals surface area contributed by atoms with Gasteiger partial charge in [0.05, 0.1) is 13.2 Å². The Balaban J connectivity index is 1.41. The zero-order valence-corrected chi connectivity index (χ0v) is 20.3. The van der Waals surface area contributed by atoms with Crippen LogP contribution in [0.3, 0.4) is 0 Å². The summed E-state index contributed by atoms with van der Waals surface area (Å²) in [5, 5.41) is 70.2. The van der Waals surface area contributed by atoms with E-state index in [1.807, 2.05) is 0 Å². The molecule has 206 valence electrons. The summed E-state index contributed by atoms with van der Waals surface area (Å²) >= 11 is 0. The van der Waals surface area contributed by atoms with Crippen LogP contribution in [0, 0.1) is 5.92 Å². The molecule has 0 amide bonds. The second-order valence-corrected chi connectivity index (χ2v) is 10.1. The topological polar surface area (TPSA) is 179 Å². The lowest BCUT2D eigenvalue weighted by atomic mass is 9.85. The molecule has 2 saturated heterocycles. The van der Waals surface area contributed by atoms with Crippen LogP contribution in [0.1, 0.15) is 64.2 Å². The van der Waals surface area contributed by atoms with Gasteiger partial charge in [0.1, 0.15) is 48.8 Å². The first-order valence-electron chi connectivity index (χ1n) is 13.1. The van der Waals surface area contributed by atoms with E-state index in [4.69, 9.17) is 18.9 Å². The van der Waals surface area contributed by atoms with Gasteiger partial charge in [-0.25, -0.2) is 0 Å². The van der Waals surface area contributed by atoms with E-state index in [-0.39, 0.29) is 0 Å². The molecule has 11 heteroatoms. The van der Waals surface area contributed by atoms with Gasteiger partial charge < -0.3 is 54.7 Å². The van der Waals surface area contributed by atoms with Crippen LogP contribution in [-0.2, 0) is 18.9 Å². The molecule has 2 aliphatic heterocycles. The van der Waals surface area contributed by atoms with Crippen LogP contribution in [0.2, 0.25) is 0 Å². The van der Waals surface area contributed by atoms with Gasteiger partial charge in [-0.15, -0.1) is 0 Å². The molecule has 35 heavy (non-hydrogen) atoms. The SMILES string of the molecule is OCC1O[C@H](O[C@@H]2C(CO)O[C@@H](OCCCCCCC3CCCCC3)C(O)[C@H]2O)C(O)[C@@H](O)[C@@H]1O. The zero-order chi connectivity index (χ0) is 25.4. The summed E-state index contributed by atoms with van der Waals surface area (Å²) in [7, 11) is 0. The Morgan fingerprint density at radius 1 is 0.629 bits per heavy atom. The van der Waals surface area contributed by atoms with Gasteiger partial charge in [0, 0.05) is 6.61 Å². The molecular weight excluding hydrogens is 464 g/mol. The monoisotopic (exact) mass is 508 g/mol. The second-order valence-electron chi connectivity index (χ2n) is 10.1. The van der Waals surface area contributed by atoms with Crippen LogP contribution >= 0.6 is 0 Å². The number of rotatable bonds is 12. The second kappa shape index (κ2) is 14.5. The average Bonchev–Trinajstić information content (AvgIpc) is 2.87. The minimum Gasteiger partial charge on any atom is -0.394 e. The standard InChI is InChI=1S/C24H44O11/c25-12-15-17(27)18(28)20(30)24(33-15)35-22-16(13-26)34-23(21(31)19(22)29)32-11-7-2-1-4-8-14-9-5-3-6-10-14/h14-31H,1-13H2/t15?,16?,17-,18+,19-,20?,21?,22-,23-,24-/m1/s1. The molecule has 11 nitrogen and oxygen atoms in total. The van der Waals surface area contributed by atoms with Crippen molar-refractivity contribution in [3.8, 4) is 0 Å². The van der Waals surface area contributed by atoms with Gasteiger partial charge in [-0.2, -0.15) is 0 Å². The van der Waals surface area contributed by atoms with E-state index >= 15 is 0 Å². The Morgan fingerprint density at radius 3 is 1.94 bits per heavy atom. The van der Waals surface area contributed by atoms with Crippen LogP contribution in [0.4, 0.5) is 0 Å². The first kappa shape index (κ1) is 29.1. The van der Waals surface area contributed by atoms with Gasteiger partial charge in [0.25, 0.3) is 0 Å². The predicted octanol–water partition coefficient (Wildman–Crippen LogP) is -0.842. The highest BCUT2D eigenvalue weighted by atomic mass is 16.7. The first-order chi connectivity index (χ1) is 16.9. The van der Waals surface area contributed by atoms with E-state index in [0.29, 0.717) is 6.61 Å². The summed E-state index contributed by atoms with van der Waals surface area (Å²) < 4.78 is 22.1. The number of aliphatic hydroxyl groups excluding tert-OH is 7. The molecule has 0 aromatic rings. The maximum absolute atomic E-state index is 10.6. The van der Waals surface area contributed by atoms with Gasteiger partial charge in [-0.3, -0.25) is 0 Å². The van der Waals surface area contributed by atoms with Crippen LogP contribution in [-0.4, -0.2) is 117 Å². The van der Waals surface area contributed by atoms with Gasteiger partial charge in [-0.05, 0) is 12.3 Å². The van der Waals surface area contributed by atoms with Gasteiger partial charge >= 0.3 is 0 Å². The Bertz CT molecular complexity index is 586. The third-order valence-electron chi connectivity index (χ3n) is 7.47. The van der Waals surface area contributed by atoms with E-state index in [2.05, 4.69) is 0 Å². The van der Waals surface area contributed by atoms with E-state index in [1.165, 1.54) is 44.9 Å². The summed E-state index contributed by atoms with van der Waals surface area (Å²) in [6.45, 7) is -0.891. The largest absolute Gasteiger partial charge is 0.394 e. The Kier molecular flexibility index (Phi) is 12.1. The number of aliphatic hydroxyl groups is 7. The Morgan fingerprint density at radius 2 is 1.26 bits per heavy atom. The molecule has 3 aliphatic rings. The van der Waals surface area contributed by atoms with Gasteiger partial charge in [-0.1, -0.05) is 57.8 Å². The van der Waals surface area contributed by atoms with E-state index in [0.717, 1.165) is 25.2 Å². The molecule has 0 aromatic carbocycles. The normalized spacial score (nSPS) is 41.2. The van der Waals surface area contributed by atoms with Crippen molar-refractivity contribution in [1.29, 1.82) is 0 Å². The molecule has 1 aliphatic carbocycles. The molecule has 0 aromatic heterocycles. The molecule has 0 radical (unpaired) electrons. The third kappa shape index (κ3) is 7.78. The third-order valence-corrected chi connectivity index (χ3v) is 7.47. The highest BCUT2D eigenvalue weighted by molar-refractivity contribution is 4.94. The van der Waals surface area contributed by atoms with Crippen molar-refractivity contribution < 1.29 is 54.7 Å². The van der Waals surface area contributed by atoms with Crippen LogP contribution < -0.4 is 0 Å². The highest BCUT2D eigenvalue weighted by Crippen LogP contribution is 2.30. The quantitative estimate of drug-likeness (QED) is 0.163. The molecule has 0 bridgehead atoms. The average molecular weight is 509 g/mol. The maximum atomic E-state index is 10.6. The summed E-state index contributed by atoms with van der Waals surface area (Å²) in [5.41, 5.74) is 0. The highest BCUT2D eigenvalue weighted by Gasteiger charge is 2.50. The molecule has 10 atom stereocenters. The molecular formula is C24H44O11. The van der Waals surface area contributed by atoms with Crippen LogP contribution in [0.15, 0.2) is 0 Å². The lowest BCUT2D eigenvalue weighted by Gasteiger charge is -2.45. The summed E-state index contributed by atoms with van der Waals surface area (Å²) in [6, 6.07) is 0. The smallest absolute Gasteiger partial charge is 0.187 e. The number of unbranched alkanes of at least 4 members (excludes halogenated alkanes) is 3. The number of hydrogen-bond donors (Lipinski definition) is 7. The van der Waals surface area contributed by atoms with Crippen LogP contribution in [0.5, 0.6) is 0 Å². The molecule has 4 unspecified atom stereocenters. The maximum Gasteiger partial charge on any atom is 0.187 e. The summed E-state index contributed by atoms with van der Waals surface area (Å²) in [5.74, 6) is 0.876. The Labute approximate surface area is 206 Å². The van der Waals surface area contributed by atoms with Crippen LogP contribution in [0.25, 0.3) is 0 Å². The summed E-state index contributed by atoms with van der Waals surface area (Å²) in [6.07, 6.45) is -2.12. The van der Waals surface area contributed by atoms with E-state index < -0.39 is 74.6 Å².